The van der Waals surface area contributed by atoms with Crippen molar-refractivity contribution in [3.05, 3.63) is 11.9 Å². The molecular weight excluding hydrogens is 252 g/mol. The molecule has 1 aliphatic carbocycles. The van der Waals surface area contributed by atoms with Gasteiger partial charge in [0.05, 0.1) is 6.10 Å². The van der Waals surface area contributed by atoms with Crippen LogP contribution in [0, 0.1) is 0 Å². The molecule has 1 N–H and O–H groups in total. The summed E-state index contributed by atoms with van der Waals surface area (Å²) in [6.45, 7) is 4.93. The van der Waals surface area contributed by atoms with Crippen LogP contribution in [0.15, 0.2) is 6.07 Å². The van der Waals surface area contributed by atoms with E-state index in [9.17, 15) is 0 Å². The normalized spacial score (nSPS) is 20.2. The summed E-state index contributed by atoms with van der Waals surface area (Å²) in [7, 11) is 1.92. The number of ether oxygens (including phenoxy) is 1. The van der Waals surface area contributed by atoms with Gasteiger partial charge in [-0.25, -0.2) is 9.97 Å². The number of piperidine rings is 1. The first-order valence-electron chi connectivity index (χ1n) is 7.73. The van der Waals surface area contributed by atoms with Crippen molar-refractivity contribution in [2.24, 2.45) is 0 Å². The van der Waals surface area contributed by atoms with Crippen LogP contribution in [0.2, 0.25) is 0 Å². The molecule has 0 unspecified atom stereocenters. The van der Waals surface area contributed by atoms with E-state index in [0.717, 1.165) is 50.0 Å². The first-order valence-corrected chi connectivity index (χ1v) is 7.73. The summed E-state index contributed by atoms with van der Waals surface area (Å²) in [5, 5.41) is 3.16. The Labute approximate surface area is 120 Å². The Hall–Kier alpha value is -1.36. The lowest BCUT2D eigenvalue weighted by molar-refractivity contribution is 0.0458. The van der Waals surface area contributed by atoms with Gasteiger partial charge in [-0.2, -0.15) is 0 Å². The highest BCUT2D eigenvalue weighted by atomic mass is 16.5. The molecule has 1 aliphatic heterocycles. The Balaban J connectivity index is 1.71. The van der Waals surface area contributed by atoms with E-state index in [0.29, 0.717) is 12.0 Å². The maximum Gasteiger partial charge on any atom is 0.136 e. The molecule has 0 bridgehead atoms. The van der Waals surface area contributed by atoms with Gasteiger partial charge in [-0.05, 0) is 32.6 Å². The zero-order chi connectivity index (χ0) is 13.9. The minimum absolute atomic E-state index is 0.421. The molecule has 0 aromatic carbocycles. The van der Waals surface area contributed by atoms with Crippen molar-refractivity contribution in [2.45, 2.75) is 44.6 Å². The highest BCUT2D eigenvalue weighted by molar-refractivity contribution is 5.50. The Morgan fingerprint density at radius 1 is 1.25 bits per heavy atom. The average molecular weight is 276 g/mol. The van der Waals surface area contributed by atoms with Crippen LogP contribution in [0.3, 0.4) is 0 Å². The first kappa shape index (κ1) is 13.6. The number of nitrogens with zero attached hydrogens (tertiary/aromatic N) is 3. The Morgan fingerprint density at radius 2 is 2.00 bits per heavy atom. The van der Waals surface area contributed by atoms with E-state index >= 15 is 0 Å². The highest BCUT2D eigenvalue weighted by Gasteiger charge is 2.28. The molecule has 1 saturated heterocycles. The van der Waals surface area contributed by atoms with E-state index in [1.165, 1.54) is 12.8 Å². The van der Waals surface area contributed by atoms with Crippen molar-refractivity contribution in [3.8, 4) is 0 Å². The second-order valence-corrected chi connectivity index (χ2v) is 5.64. The van der Waals surface area contributed by atoms with Crippen molar-refractivity contribution in [3.63, 3.8) is 0 Å². The second-order valence-electron chi connectivity index (χ2n) is 5.64. The molecule has 2 aliphatic rings. The van der Waals surface area contributed by atoms with Crippen LogP contribution >= 0.6 is 0 Å². The Bertz CT molecular complexity index is 453. The third-order valence-electron chi connectivity index (χ3n) is 4.10. The fraction of sp³-hybridized carbons (Fsp3) is 0.733. The van der Waals surface area contributed by atoms with E-state index in [-0.39, 0.29) is 0 Å². The van der Waals surface area contributed by atoms with E-state index in [1.54, 1.807) is 0 Å². The molecule has 110 valence electrons. The third-order valence-corrected chi connectivity index (χ3v) is 4.10. The van der Waals surface area contributed by atoms with Crippen molar-refractivity contribution in [2.75, 3.05) is 37.0 Å². The van der Waals surface area contributed by atoms with Crippen molar-refractivity contribution >= 4 is 11.6 Å². The minimum atomic E-state index is 0.421. The van der Waals surface area contributed by atoms with Crippen LogP contribution in [-0.4, -0.2) is 42.8 Å². The maximum atomic E-state index is 5.71. The summed E-state index contributed by atoms with van der Waals surface area (Å²) >= 11 is 0. The number of hydrogen-bond acceptors (Lipinski definition) is 5. The molecule has 1 aromatic heterocycles. The summed E-state index contributed by atoms with van der Waals surface area (Å²) in [5.74, 6) is 3.60. The topological polar surface area (TPSA) is 50.3 Å². The molecule has 5 nitrogen and oxygen atoms in total. The molecule has 20 heavy (non-hydrogen) atoms. The highest BCUT2D eigenvalue weighted by Crippen LogP contribution is 2.39. The largest absolute Gasteiger partial charge is 0.378 e. The average Bonchev–Trinajstić information content (AvgIpc) is 3.32. The fourth-order valence-corrected chi connectivity index (χ4v) is 2.75. The molecule has 0 radical (unpaired) electrons. The number of nitrogens with one attached hydrogen (secondary N) is 1. The van der Waals surface area contributed by atoms with Gasteiger partial charge in [0.2, 0.25) is 0 Å². The van der Waals surface area contributed by atoms with Gasteiger partial charge in [-0.1, -0.05) is 0 Å². The van der Waals surface area contributed by atoms with E-state index < -0.39 is 0 Å². The molecule has 3 rings (SSSR count). The molecule has 2 heterocycles. The summed E-state index contributed by atoms with van der Waals surface area (Å²) < 4.78 is 5.71. The molecule has 0 atom stereocenters. The smallest absolute Gasteiger partial charge is 0.136 e. The summed E-state index contributed by atoms with van der Waals surface area (Å²) in [5.41, 5.74) is 0. The molecular formula is C15H24N4O. The first-order chi connectivity index (χ1) is 9.80. The third kappa shape index (κ3) is 3.03. The van der Waals surface area contributed by atoms with Crippen molar-refractivity contribution in [1.82, 2.24) is 9.97 Å². The van der Waals surface area contributed by atoms with Crippen LogP contribution < -0.4 is 10.2 Å². The maximum absolute atomic E-state index is 5.71. The fourth-order valence-electron chi connectivity index (χ4n) is 2.75. The van der Waals surface area contributed by atoms with Gasteiger partial charge in [0.25, 0.3) is 0 Å². The van der Waals surface area contributed by atoms with Crippen LogP contribution in [0.25, 0.3) is 0 Å². The Kier molecular flexibility index (Phi) is 4.05. The zero-order valence-electron chi connectivity index (χ0n) is 12.4. The minimum Gasteiger partial charge on any atom is -0.378 e. The van der Waals surface area contributed by atoms with Crippen LogP contribution in [0.5, 0.6) is 0 Å². The number of rotatable bonds is 5. The quantitative estimate of drug-likeness (QED) is 0.895. The summed E-state index contributed by atoms with van der Waals surface area (Å²) in [6.07, 6.45) is 5.07. The zero-order valence-corrected chi connectivity index (χ0v) is 12.4. The van der Waals surface area contributed by atoms with Gasteiger partial charge in [-0.15, -0.1) is 0 Å². The van der Waals surface area contributed by atoms with Gasteiger partial charge in [-0.3, -0.25) is 0 Å². The molecule has 0 amide bonds. The second kappa shape index (κ2) is 5.95. The van der Waals surface area contributed by atoms with Crippen LogP contribution in [0.4, 0.5) is 11.6 Å². The lowest BCUT2D eigenvalue weighted by atomic mass is 10.1. The SMILES string of the molecule is CCOC1CCN(c2cc(NC)nc(C3CC3)n2)CC1. The van der Waals surface area contributed by atoms with Gasteiger partial charge in [0.1, 0.15) is 17.5 Å². The van der Waals surface area contributed by atoms with Gasteiger partial charge < -0.3 is 15.0 Å². The van der Waals surface area contributed by atoms with Crippen molar-refractivity contribution < 1.29 is 4.74 Å². The van der Waals surface area contributed by atoms with Crippen LogP contribution in [0.1, 0.15) is 44.3 Å². The lowest BCUT2D eigenvalue weighted by Gasteiger charge is -2.32. The van der Waals surface area contributed by atoms with E-state index in [2.05, 4.69) is 28.2 Å². The predicted octanol–water partition coefficient (Wildman–Crippen LogP) is 2.40. The summed E-state index contributed by atoms with van der Waals surface area (Å²) in [4.78, 5) is 11.7. The van der Waals surface area contributed by atoms with Gasteiger partial charge in [0, 0.05) is 38.7 Å². The monoisotopic (exact) mass is 276 g/mol. The number of aromatic nitrogens is 2. The van der Waals surface area contributed by atoms with Gasteiger partial charge in [0.15, 0.2) is 0 Å². The molecule has 1 aromatic rings. The standard InChI is InChI=1S/C15H24N4O/c1-3-20-12-6-8-19(9-7-12)14-10-13(16-2)17-15(18-14)11-4-5-11/h10-12H,3-9H2,1-2H3,(H,16,17,18). The Morgan fingerprint density at radius 3 is 2.60 bits per heavy atom. The van der Waals surface area contributed by atoms with E-state index in [1.807, 2.05) is 7.05 Å². The predicted molar refractivity (Wildman–Crippen MR) is 80.4 cm³/mol. The van der Waals surface area contributed by atoms with Crippen LogP contribution in [-0.2, 0) is 4.74 Å². The lowest BCUT2D eigenvalue weighted by Crippen LogP contribution is -2.37. The molecule has 0 spiro atoms. The van der Waals surface area contributed by atoms with E-state index in [4.69, 9.17) is 9.72 Å². The van der Waals surface area contributed by atoms with Gasteiger partial charge >= 0.3 is 0 Å². The molecule has 5 heteroatoms. The number of anilines is 2. The summed E-state index contributed by atoms with van der Waals surface area (Å²) in [6, 6.07) is 2.06. The van der Waals surface area contributed by atoms with Crippen molar-refractivity contribution in [1.29, 1.82) is 0 Å². The number of hydrogen-bond donors (Lipinski definition) is 1. The molecule has 1 saturated carbocycles. The molecule has 2 fully saturated rings.